The fourth-order valence-corrected chi connectivity index (χ4v) is 1.36. The summed E-state index contributed by atoms with van der Waals surface area (Å²) in [4.78, 5) is 12.5. The zero-order valence-electron chi connectivity index (χ0n) is 7.32. The van der Waals surface area contributed by atoms with Gasteiger partial charge in [0.2, 0.25) is 0 Å². The predicted molar refractivity (Wildman–Crippen MR) is 44.1 cm³/mol. The van der Waals surface area contributed by atoms with Gasteiger partial charge in [-0.25, -0.2) is 0 Å². The molecule has 0 radical (unpaired) electrons. The number of carbonyl (C=O) groups is 1. The first kappa shape index (κ1) is 9.48. The van der Waals surface area contributed by atoms with Gasteiger partial charge >= 0.3 is 5.97 Å². The van der Waals surface area contributed by atoms with E-state index < -0.39 is 5.97 Å². The summed E-state index contributed by atoms with van der Waals surface area (Å²) < 4.78 is 5.27. The van der Waals surface area contributed by atoms with Crippen molar-refractivity contribution in [2.24, 2.45) is 0 Å². The molecule has 70 valence electrons. The Morgan fingerprint density at radius 3 is 3.17 bits per heavy atom. The Morgan fingerprint density at radius 2 is 2.50 bits per heavy atom. The maximum atomic E-state index is 10.4. The minimum atomic E-state index is -0.752. The second-order valence-electron chi connectivity index (χ2n) is 3.16. The summed E-state index contributed by atoms with van der Waals surface area (Å²) >= 11 is 0. The molecule has 12 heavy (non-hydrogen) atoms. The van der Waals surface area contributed by atoms with Crippen molar-refractivity contribution in [1.82, 2.24) is 4.90 Å². The number of nitrogens with zero attached hydrogens (tertiary/aromatic N) is 1. The minimum absolute atomic E-state index is 0.0463. The lowest BCUT2D eigenvalue weighted by Crippen LogP contribution is -2.35. The van der Waals surface area contributed by atoms with Crippen molar-refractivity contribution in [2.45, 2.75) is 18.9 Å². The molecule has 0 aliphatic carbocycles. The molecule has 4 heteroatoms. The molecule has 1 fully saturated rings. The van der Waals surface area contributed by atoms with E-state index in [2.05, 4.69) is 4.90 Å². The van der Waals surface area contributed by atoms with E-state index in [0.717, 1.165) is 19.6 Å². The van der Waals surface area contributed by atoms with Crippen molar-refractivity contribution in [3.8, 4) is 0 Å². The lowest BCUT2D eigenvalue weighted by Gasteiger charge is -2.22. The number of hydrogen-bond donors (Lipinski definition) is 1. The number of carboxylic acids is 1. The van der Waals surface area contributed by atoms with Crippen LogP contribution in [0.1, 0.15) is 12.8 Å². The van der Waals surface area contributed by atoms with Crippen LogP contribution in [-0.2, 0) is 9.53 Å². The molecule has 0 spiro atoms. The predicted octanol–water partition coefficient (Wildman–Crippen LogP) is 0.182. The zero-order chi connectivity index (χ0) is 8.97. The van der Waals surface area contributed by atoms with E-state index in [1.165, 1.54) is 0 Å². The summed E-state index contributed by atoms with van der Waals surface area (Å²) in [5.41, 5.74) is 0. The van der Waals surface area contributed by atoms with Crippen molar-refractivity contribution in [1.29, 1.82) is 0 Å². The maximum absolute atomic E-state index is 10.4. The fourth-order valence-electron chi connectivity index (χ4n) is 1.36. The molecule has 0 bridgehead atoms. The Kier molecular flexibility index (Phi) is 3.49. The summed E-state index contributed by atoms with van der Waals surface area (Å²) in [7, 11) is 1.95. The maximum Gasteiger partial charge on any atom is 0.305 e. The molecule has 0 amide bonds. The molecular formula is C8H15NO3. The topological polar surface area (TPSA) is 49.8 Å². The van der Waals surface area contributed by atoms with Gasteiger partial charge in [-0.15, -0.1) is 0 Å². The van der Waals surface area contributed by atoms with Gasteiger partial charge in [0.1, 0.15) is 0 Å². The Bertz CT molecular complexity index is 160. The molecule has 1 atom stereocenters. The van der Waals surface area contributed by atoms with Gasteiger partial charge in [0.25, 0.3) is 0 Å². The highest BCUT2D eigenvalue weighted by Crippen LogP contribution is 2.07. The van der Waals surface area contributed by atoms with E-state index in [1.54, 1.807) is 0 Å². The minimum Gasteiger partial charge on any atom is -0.481 e. The normalized spacial score (nSPS) is 26.6. The first-order valence-corrected chi connectivity index (χ1v) is 4.20. The molecular weight excluding hydrogens is 158 g/mol. The number of ether oxygens (including phenoxy) is 1. The van der Waals surface area contributed by atoms with E-state index in [0.29, 0.717) is 6.61 Å². The molecule has 1 aliphatic rings. The fraction of sp³-hybridized carbons (Fsp3) is 0.875. The van der Waals surface area contributed by atoms with E-state index >= 15 is 0 Å². The number of hydrogen-bond acceptors (Lipinski definition) is 3. The quantitative estimate of drug-likeness (QED) is 0.647. The molecule has 1 rings (SSSR count). The van der Waals surface area contributed by atoms with Gasteiger partial charge in [0, 0.05) is 19.2 Å². The summed E-state index contributed by atoms with van der Waals surface area (Å²) in [6, 6.07) is 0.0463. The number of likely N-dealkylation sites (N-methyl/N-ethyl adjacent to an activating group) is 1. The van der Waals surface area contributed by atoms with Gasteiger partial charge in [0.15, 0.2) is 0 Å². The molecule has 1 N–H and O–H groups in total. The van der Waals surface area contributed by atoms with Crippen molar-refractivity contribution in [3.05, 3.63) is 0 Å². The number of rotatable bonds is 2. The van der Waals surface area contributed by atoms with Crippen LogP contribution in [0.5, 0.6) is 0 Å². The lowest BCUT2D eigenvalue weighted by atomic mass is 10.2. The second kappa shape index (κ2) is 4.42. The molecule has 1 unspecified atom stereocenters. The van der Waals surface area contributed by atoms with Gasteiger partial charge in [-0.2, -0.15) is 0 Å². The number of aliphatic carboxylic acids is 1. The Labute approximate surface area is 72.1 Å². The van der Waals surface area contributed by atoms with Crippen LogP contribution < -0.4 is 0 Å². The van der Waals surface area contributed by atoms with Crippen molar-refractivity contribution >= 4 is 5.97 Å². The number of carboxylic acid groups (broad SMARTS) is 1. The molecule has 1 saturated heterocycles. The van der Waals surface area contributed by atoms with Crippen LogP contribution in [0.2, 0.25) is 0 Å². The lowest BCUT2D eigenvalue weighted by molar-refractivity contribution is -0.138. The van der Waals surface area contributed by atoms with Gasteiger partial charge in [-0.1, -0.05) is 0 Å². The highest BCUT2D eigenvalue weighted by Gasteiger charge is 2.20. The van der Waals surface area contributed by atoms with Crippen LogP contribution in [-0.4, -0.2) is 48.8 Å². The first-order valence-electron chi connectivity index (χ1n) is 4.20. The van der Waals surface area contributed by atoms with E-state index in [9.17, 15) is 4.79 Å². The highest BCUT2D eigenvalue weighted by atomic mass is 16.5. The SMILES string of the molecule is CN1CCCOCC1CC(=O)O. The van der Waals surface area contributed by atoms with E-state index in [1.807, 2.05) is 7.05 Å². The van der Waals surface area contributed by atoms with Crippen LogP contribution in [0, 0.1) is 0 Å². The molecule has 1 heterocycles. The van der Waals surface area contributed by atoms with Crippen molar-refractivity contribution in [3.63, 3.8) is 0 Å². The zero-order valence-corrected chi connectivity index (χ0v) is 7.32. The van der Waals surface area contributed by atoms with Crippen molar-refractivity contribution < 1.29 is 14.6 Å². The molecule has 1 aliphatic heterocycles. The first-order chi connectivity index (χ1) is 5.70. The largest absolute Gasteiger partial charge is 0.481 e. The Hall–Kier alpha value is -0.610. The molecule has 0 aromatic carbocycles. The Balaban J connectivity index is 2.41. The summed E-state index contributed by atoms with van der Waals surface area (Å²) in [6.45, 7) is 2.22. The molecule has 4 nitrogen and oxygen atoms in total. The second-order valence-corrected chi connectivity index (χ2v) is 3.16. The van der Waals surface area contributed by atoms with Gasteiger partial charge < -0.3 is 14.7 Å². The van der Waals surface area contributed by atoms with Gasteiger partial charge in [-0.3, -0.25) is 4.79 Å². The van der Waals surface area contributed by atoms with Crippen LogP contribution >= 0.6 is 0 Å². The van der Waals surface area contributed by atoms with Crippen LogP contribution in [0.25, 0.3) is 0 Å². The summed E-state index contributed by atoms with van der Waals surface area (Å²) in [5.74, 6) is -0.752. The highest BCUT2D eigenvalue weighted by molar-refractivity contribution is 5.67. The third kappa shape index (κ3) is 2.79. The summed E-state index contributed by atoms with van der Waals surface area (Å²) in [6.07, 6.45) is 1.17. The van der Waals surface area contributed by atoms with E-state index in [-0.39, 0.29) is 12.5 Å². The van der Waals surface area contributed by atoms with Gasteiger partial charge in [0.05, 0.1) is 13.0 Å². The molecule has 0 aromatic heterocycles. The summed E-state index contributed by atoms with van der Waals surface area (Å²) in [5, 5.41) is 8.59. The average molecular weight is 173 g/mol. The monoisotopic (exact) mass is 173 g/mol. The molecule has 0 aromatic rings. The average Bonchev–Trinajstić information content (AvgIpc) is 2.16. The van der Waals surface area contributed by atoms with Crippen molar-refractivity contribution in [2.75, 3.05) is 26.8 Å². The van der Waals surface area contributed by atoms with Gasteiger partial charge in [-0.05, 0) is 13.5 Å². The van der Waals surface area contributed by atoms with E-state index in [4.69, 9.17) is 9.84 Å². The third-order valence-electron chi connectivity index (χ3n) is 2.14. The standard InChI is InChI=1S/C8H15NO3/c1-9-3-2-4-12-6-7(9)5-8(10)11/h7H,2-6H2,1H3,(H,10,11). The van der Waals surface area contributed by atoms with Crippen LogP contribution in [0.4, 0.5) is 0 Å². The van der Waals surface area contributed by atoms with Crippen LogP contribution in [0.3, 0.4) is 0 Å². The smallest absolute Gasteiger partial charge is 0.305 e. The third-order valence-corrected chi connectivity index (χ3v) is 2.14. The Morgan fingerprint density at radius 1 is 1.75 bits per heavy atom. The van der Waals surface area contributed by atoms with Crippen LogP contribution in [0.15, 0.2) is 0 Å². The molecule has 0 saturated carbocycles.